The molecule has 1 amide bonds. The zero-order valence-electron chi connectivity index (χ0n) is 12.7. The summed E-state index contributed by atoms with van der Waals surface area (Å²) in [6.07, 6.45) is 2.22. The van der Waals surface area contributed by atoms with Crippen molar-refractivity contribution in [2.45, 2.75) is 45.2 Å². The standard InChI is InChI=1S/C13H27N3O2S2.ClH/c1-13(2,8-20)12(18)16-10(7-19)11(17)9(15)5-3-4-6-14;/h9-10,19-20H,3-8,14-15H2,1-2H3,(H,16,18);1H/t9?,10-;/m0./s1. The summed E-state index contributed by atoms with van der Waals surface area (Å²) in [5, 5.41) is 2.71. The molecule has 5 N–H and O–H groups in total. The van der Waals surface area contributed by atoms with Crippen molar-refractivity contribution in [2.24, 2.45) is 16.9 Å². The molecular weight excluding hydrogens is 330 g/mol. The molecule has 0 rings (SSSR count). The maximum absolute atomic E-state index is 12.2. The normalized spacial score (nSPS) is 14.0. The highest BCUT2D eigenvalue weighted by Gasteiger charge is 2.31. The largest absolute Gasteiger partial charge is 0.345 e. The Morgan fingerprint density at radius 1 is 1.24 bits per heavy atom. The Balaban J connectivity index is 0. The van der Waals surface area contributed by atoms with Gasteiger partial charge in [0.1, 0.15) is 0 Å². The highest BCUT2D eigenvalue weighted by molar-refractivity contribution is 7.80. The number of unbranched alkanes of at least 4 members (excludes halogenated alkanes) is 1. The lowest BCUT2D eigenvalue weighted by atomic mass is 9.94. The van der Waals surface area contributed by atoms with E-state index >= 15 is 0 Å². The molecule has 0 aromatic carbocycles. The van der Waals surface area contributed by atoms with Gasteiger partial charge in [-0.2, -0.15) is 25.3 Å². The molecule has 5 nitrogen and oxygen atoms in total. The molecule has 0 aliphatic heterocycles. The molecule has 0 saturated carbocycles. The quantitative estimate of drug-likeness (QED) is 0.295. The lowest BCUT2D eigenvalue weighted by Crippen LogP contribution is -2.52. The summed E-state index contributed by atoms with van der Waals surface area (Å²) in [6, 6.07) is -1.24. The minimum atomic E-state index is -0.655. The van der Waals surface area contributed by atoms with Crippen molar-refractivity contribution in [3.8, 4) is 0 Å². The molecule has 0 heterocycles. The van der Waals surface area contributed by atoms with E-state index in [-0.39, 0.29) is 29.9 Å². The summed E-state index contributed by atoms with van der Waals surface area (Å²) < 4.78 is 0. The first-order chi connectivity index (χ1) is 9.30. The molecule has 1 unspecified atom stereocenters. The van der Waals surface area contributed by atoms with Crippen molar-refractivity contribution < 1.29 is 9.59 Å². The van der Waals surface area contributed by atoms with Gasteiger partial charge in [-0.1, -0.05) is 20.3 Å². The average Bonchev–Trinajstić information content (AvgIpc) is 2.43. The Hall–Kier alpha value is 0.0500. The van der Waals surface area contributed by atoms with Crippen LogP contribution in [0.15, 0.2) is 0 Å². The molecule has 0 radical (unpaired) electrons. The van der Waals surface area contributed by atoms with Crippen molar-refractivity contribution >= 4 is 49.4 Å². The van der Waals surface area contributed by atoms with E-state index in [1.54, 1.807) is 13.8 Å². The number of amides is 1. The van der Waals surface area contributed by atoms with Crippen LogP contribution in [0.1, 0.15) is 33.1 Å². The van der Waals surface area contributed by atoms with Crippen LogP contribution < -0.4 is 16.8 Å². The number of halogens is 1. The van der Waals surface area contributed by atoms with Gasteiger partial charge >= 0.3 is 0 Å². The van der Waals surface area contributed by atoms with Gasteiger partial charge in [-0.25, -0.2) is 0 Å². The maximum Gasteiger partial charge on any atom is 0.227 e. The highest BCUT2D eigenvalue weighted by Crippen LogP contribution is 2.17. The number of nitrogens with one attached hydrogen (secondary N) is 1. The fourth-order valence-corrected chi connectivity index (χ4v) is 1.96. The first-order valence-electron chi connectivity index (χ1n) is 6.82. The number of hydrogen-bond acceptors (Lipinski definition) is 6. The van der Waals surface area contributed by atoms with Crippen molar-refractivity contribution in [1.29, 1.82) is 0 Å². The molecule has 21 heavy (non-hydrogen) atoms. The molecule has 126 valence electrons. The molecule has 0 aliphatic carbocycles. The van der Waals surface area contributed by atoms with Gasteiger partial charge in [-0.05, 0) is 19.4 Å². The second-order valence-electron chi connectivity index (χ2n) is 5.54. The first-order valence-corrected chi connectivity index (χ1v) is 8.08. The van der Waals surface area contributed by atoms with Crippen LogP contribution >= 0.6 is 37.7 Å². The van der Waals surface area contributed by atoms with E-state index in [2.05, 4.69) is 30.6 Å². The summed E-state index contributed by atoms with van der Waals surface area (Å²) in [7, 11) is 0. The minimum Gasteiger partial charge on any atom is -0.345 e. The van der Waals surface area contributed by atoms with Gasteiger partial charge in [0.05, 0.1) is 17.5 Å². The topological polar surface area (TPSA) is 98.2 Å². The van der Waals surface area contributed by atoms with Crippen LogP contribution in [0.5, 0.6) is 0 Å². The zero-order valence-corrected chi connectivity index (χ0v) is 15.3. The van der Waals surface area contributed by atoms with Gasteiger partial charge in [0.25, 0.3) is 0 Å². The van der Waals surface area contributed by atoms with Gasteiger partial charge in [0, 0.05) is 11.5 Å². The lowest BCUT2D eigenvalue weighted by Gasteiger charge is -2.26. The van der Waals surface area contributed by atoms with E-state index in [1.807, 2.05) is 0 Å². The fourth-order valence-electron chi connectivity index (χ4n) is 1.54. The summed E-state index contributed by atoms with van der Waals surface area (Å²) >= 11 is 8.27. The second kappa shape index (κ2) is 11.6. The van der Waals surface area contributed by atoms with Crippen molar-refractivity contribution in [2.75, 3.05) is 18.1 Å². The molecule has 8 heteroatoms. The molecule has 0 fully saturated rings. The number of Topliss-reactive ketones (excluding diaryl/α,β-unsaturated/α-hetero) is 1. The molecule has 0 saturated heterocycles. The van der Waals surface area contributed by atoms with Crippen LogP contribution in [0, 0.1) is 5.41 Å². The Kier molecular flexibility index (Phi) is 12.9. The van der Waals surface area contributed by atoms with E-state index in [0.717, 1.165) is 12.8 Å². The minimum absolute atomic E-state index is 0. The molecule has 0 aromatic heterocycles. The van der Waals surface area contributed by atoms with Crippen LogP contribution in [0.25, 0.3) is 0 Å². The van der Waals surface area contributed by atoms with E-state index < -0.39 is 17.5 Å². The number of carbonyl (C=O) groups excluding carboxylic acids is 2. The number of rotatable bonds is 10. The van der Waals surface area contributed by atoms with Gasteiger partial charge in [0.2, 0.25) is 5.91 Å². The Labute approximate surface area is 144 Å². The van der Waals surface area contributed by atoms with Crippen LogP contribution in [0.4, 0.5) is 0 Å². The number of thiol groups is 2. The Bertz CT molecular complexity index is 331. The molecule has 0 spiro atoms. The molecule has 0 aliphatic rings. The lowest BCUT2D eigenvalue weighted by molar-refractivity contribution is -0.132. The maximum atomic E-state index is 12.2. The van der Waals surface area contributed by atoms with Crippen LogP contribution in [0.3, 0.4) is 0 Å². The SMILES string of the molecule is CC(C)(CS)C(=O)N[C@@H](CS)C(=O)C(N)CCCCN.Cl. The number of nitrogens with two attached hydrogens (primary N) is 2. The molecule has 2 atom stereocenters. The van der Waals surface area contributed by atoms with Crippen LogP contribution in [-0.4, -0.2) is 41.8 Å². The zero-order chi connectivity index (χ0) is 15.8. The Morgan fingerprint density at radius 2 is 1.81 bits per heavy atom. The van der Waals surface area contributed by atoms with E-state index in [0.29, 0.717) is 18.7 Å². The second-order valence-corrected chi connectivity index (χ2v) is 6.23. The fraction of sp³-hybridized carbons (Fsp3) is 0.846. The van der Waals surface area contributed by atoms with Crippen LogP contribution in [0.2, 0.25) is 0 Å². The third-order valence-electron chi connectivity index (χ3n) is 3.18. The summed E-state index contributed by atoms with van der Waals surface area (Å²) in [5.74, 6) is 0.238. The smallest absolute Gasteiger partial charge is 0.227 e. The molecular formula is C13H28ClN3O2S2. The predicted octanol–water partition coefficient (Wildman–Crippen LogP) is 0.804. The van der Waals surface area contributed by atoms with E-state index in [9.17, 15) is 9.59 Å². The van der Waals surface area contributed by atoms with Crippen molar-refractivity contribution in [1.82, 2.24) is 5.32 Å². The molecule has 0 bridgehead atoms. The monoisotopic (exact) mass is 357 g/mol. The third-order valence-corrected chi connectivity index (χ3v) is 4.33. The summed E-state index contributed by atoms with van der Waals surface area (Å²) in [4.78, 5) is 24.2. The van der Waals surface area contributed by atoms with Gasteiger partial charge in [-0.15, -0.1) is 12.4 Å². The third kappa shape index (κ3) is 8.30. The number of carbonyl (C=O) groups is 2. The van der Waals surface area contributed by atoms with Gasteiger partial charge < -0.3 is 16.8 Å². The van der Waals surface area contributed by atoms with Gasteiger partial charge in [0.15, 0.2) is 5.78 Å². The first kappa shape index (κ1) is 23.3. The van der Waals surface area contributed by atoms with Crippen molar-refractivity contribution in [3.63, 3.8) is 0 Å². The van der Waals surface area contributed by atoms with Crippen LogP contribution in [-0.2, 0) is 9.59 Å². The van der Waals surface area contributed by atoms with Crippen molar-refractivity contribution in [3.05, 3.63) is 0 Å². The summed E-state index contributed by atoms with van der Waals surface area (Å²) in [5.41, 5.74) is 10.6. The van der Waals surface area contributed by atoms with Gasteiger partial charge in [-0.3, -0.25) is 9.59 Å². The predicted molar refractivity (Wildman–Crippen MR) is 96.6 cm³/mol. The van der Waals surface area contributed by atoms with E-state index in [1.165, 1.54) is 0 Å². The highest BCUT2D eigenvalue weighted by atomic mass is 35.5. The number of ketones is 1. The Morgan fingerprint density at radius 3 is 2.24 bits per heavy atom. The number of hydrogen-bond donors (Lipinski definition) is 5. The van der Waals surface area contributed by atoms with E-state index in [4.69, 9.17) is 11.5 Å². The summed E-state index contributed by atoms with van der Waals surface area (Å²) in [6.45, 7) is 4.14. The molecule has 0 aromatic rings. The average molecular weight is 358 g/mol.